The molecule has 3 rings (SSSR count). The van der Waals surface area contributed by atoms with Gasteiger partial charge in [-0.2, -0.15) is 0 Å². The number of benzene rings is 1. The van der Waals surface area contributed by atoms with Gasteiger partial charge in [0.1, 0.15) is 0 Å². The molecule has 0 spiro atoms. The predicted octanol–water partition coefficient (Wildman–Crippen LogP) is 4.64. The highest BCUT2D eigenvalue weighted by molar-refractivity contribution is 6.05. The van der Waals surface area contributed by atoms with Crippen LogP contribution in [0.25, 0.3) is 0 Å². The van der Waals surface area contributed by atoms with Gasteiger partial charge in [-0.05, 0) is 35.2 Å². The van der Waals surface area contributed by atoms with E-state index in [1.54, 1.807) is 24.7 Å². The molecule has 0 aliphatic carbocycles. The molecule has 0 saturated carbocycles. The fourth-order valence-corrected chi connectivity index (χ4v) is 2.80. The number of aromatic nitrogens is 2. The van der Waals surface area contributed by atoms with Crippen molar-refractivity contribution in [3.8, 4) is 0 Å². The summed E-state index contributed by atoms with van der Waals surface area (Å²) in [5, 5.41) is 6.27. The molecule has 0 radical (unpaired) electrons. The van der Waals surface area contributed by atoms with Crippen molar-refractivity contribution in [2.45, 2.75) is 32.7 Å². The van der Waals surface area contributed by atoms with E-state index >= 15 is 0 Å². The van der Waals surface area contributed by atoms with Gasteiger partial charge in [0.25, 0.3) is 5.91 Å². The Hall–Kier alpha value is -3.21. The van der Waals surface area contributed by atoms with Crippen LogP contribution in [0.3, 0.4) is 0 Å². The fraction of sp³-hybridized carbons (Fsp3) is 0.227. The van der Waals surface area contributed by atoms with Crippen molar-refractivity contribution in [3.63, 3.8) is 0 Å². The smallest absolute Gasteiger partial charge is 0.257 e. The lowest BCUT2D eigenvalue weighted by Crippen LogP contribution is -2.19. The summed E-state index contributed by atoms with van der Waals surface area (Å²) < 4.78 is 0. The molecular formula is C22H24N4O. The molecule has 0 saturated heterocycles. The first-order valence-corrected chi connectivity index (χ1v) is 8.93. The van der Waals surface area contributed by atoms with Gasteiger partial charge in [0.2, 0.25) is 0 Å². The van der Waals surface area contributed by atoms with Crippen molar-refractivity contribution < 1.29 is 4.79 Å². The van der Waals surface area contributed by atoms with Crippen LogP contribution in [0, 0.1) is 0 Å². The van der Waals surface area contributed by atoms with Gasteiger partial charge in [-0.1, -0.05) is 45.0 Å². The number of carbonyl (C=O) groups excluding carboxylic acids is 1. The first kappa shape index (κ1) is 18.6. The summed E-state index contributed by atoms with van der Waals surface area (Å²) in [4.78, 5) is 21.2. The van der Waals surface area contributed by atoms with Crippen molar-refractivity contribution in [3.05, 3.63) is 83.9 Å². The first-order chi connectivity index (χ1) is 12.9. The largest absolute Gasteiger partial charge is 0.378 e. The molecule has 0 fully saturated rings. The number of carbonyl (C=O) groups is 1. The van der Waals surface area contributed by atoms with Gasteiger partial charge in [-0.25, -0.2) is 0 Å². The molecule has 1 aromatic carbocycles. The third-order valence-corrected chi connectivity index (χ3v) is 4.18. The van der Waals surface area contributed by atoms with E-state index in [0.29, 0.717) is 12.1 Å². The summed E-state index contributed by atoms with van der Waals surface area (Å²) >= 11 is 0. The molecule has 0 atom stereocenters. The second-order valence-electron chi connectivity index (χ2n) is 7.39. The zero-order chi connectivity index (χ0) is 19.3. The topological polar surface area (TPSA) is 66.9 Å². The number of pyridine rings is 2. The summed E-state index contributed by atoms with van der Waals surface area (Å²) in [6, 6.07) is 15.4. The SMILES string of the molecule is CC(C)(C)c1ccccc1NC(=O)c1cncc(NCc2ccccn2)c1. The Morgan fingerprint density at radius 2 is 1.81 bits per heavy atom. The standard InChI is InChI=1S/C22H24N4O/c1-22(2,3)19-9-4-5-10-20(19)26-21(27)16-12-18(14-23-13-16)25-15-17-8-6-7-11-24-17/h4-14,25H,15H2,1-3H3,(H,26,27). The number of nitrogens with zero attached hydrogens (tertiary/aromatic N) is 2. The van der Waals surface area contributed by atoms with Gasteiger partial charge in [0, 0.05) is 24.3 Å². The molecule has 5 heteroatoms. The summed E-state index contributed by atoms with van der Waals surface area (Å²) in [5.41, 5.74) is 4.06. The van der Waals surface area contributed by atoms with Crippen LogP contribution in [0.4, 0.5) is 11.4 Å². The number of anilines is 2. The van der Waals surface area contributed by atoms with Crippen LogP contribution in [0.5, 0.6) is 0 Å². The molecule has 2 N–H and O–H groups in total. The summed E-state index contributed by atoms with van der Waals surface area (Å²) in [6.07, 6.45) is 5.02. The number of nitrogens with one attached hydrogen (secondary N) is 2. The molecule has 3 aromatic rings. The Kier molecular flexibility index (Phi) is 5.50. The van der Waals surface area contributed by atoms with Gasteiger partial charge < -0.3 is 10.6 Å². The van der Waals surface area contributed by atoms with E-state index in [1.165, 1.54) is 0 Å². The third kappa shape index (κ3) is 4.91. The van der Waals surface area contributed by atoms with E-state index in [0.717, 1.165) is 22.6 Å². The average Bonchev–Trinajstić information content (AvgIpc) is 2.67. The van der Waals surface area contributed by atoms with Crippen molar-refractivity contribution in [1.82, 2.24) is 9.97 Å². The van der Waals surface area contributed by atoms with Gasteiger partial charge in [-0.15, -0.1) is 0 Å². The van der Waals surface area contributed by atoms with Crippen LogP contribution in [0.2, 0.25) is 0 Å². The van der Waals surface area contributed by atoms with Gasteiger partial charge in [0.15, 0.2) is 0 Å². The number of rotatable bonds is 5. The molecule has 0 aliphatic heterocycles. The Morgan fingerprint density at radius 3 is 2.56 bits per heavy atom. The lowest BCUT2D eigenvalue weighted by atomic mass is 9.86. The van der Waals surface area contributed by atoms with Crippen LogP contribution < -0.4 is 10.6 Å². The van der Waals surface area contributed by atoms with Gasteiger partial charge in [0.05, 0.1) is 23.5 Å². The van der Waals surface area contributed by atoms with Crippen LogP contribution >= 0.6 is 0 Å². The minimum Gasteiger partial charge on any atom is -0.378 e. The van der Waals surface area contributed by atoms with Gasteiger partial charge in [-0.3, -0.25) is 14.8 Å². The van der Waals surface area contributed by atoms with E-state index in [-0.39, 0.29) is 11.3 Å². The highest BCUT2D eigenvalue weighted by Gasteiger charge is 2.19. The van der Waals surface area contributed by atoms with E-state index in [1.807, 2.05) is 42.5 Å². The number of hydrogen-bond donors (Lipinski definition) is 2. The van der Waals surface area contributed by atoms with Crippen molar-refractivity contribution in [2.75, 3.05) is 10.6 Å². The third-order valence-electron chi connectivity index (χ3n) is 4.18. The summed E-state index contributed by atoms with van der Waals surface area (Å²) in [6.45, 7) is 6.95. The molecule has 2 heterocycles. The highest BCUT2D eigenvalue weighted by atomic mass is 16.1. The Bertz CT molecular complexity index is 917. The second-order valence-corrected chi connectivity index (χ2v) is 7.39. The monoisotopic (exact) mass is 360 g/mol. The molecular weight excluding hydrogens is 336 g/mol. The van der Waals surface area contributed by atoms with Crippen molar-refractivity contribution in [1.29, 1.82) is 0 Å². The maximum atomic E-state index is 12.7. The zero-order valence-electron chi connectivity index (χ0n) is 15.9. The molecule has 138 valence electrons. The van der Waals surface area contributed by atoms with E-state index in [4.69, 9.17) is 0 Å². The van der Waals surface area contributed by atoms with Gasteiger partial charge >= 0.3 is 0 Å². The molecule has 0 unspecified atom stereocenters. The summed E-state index contributed by atoms with van der Waals surface area (Å²) in [7, 11) is 0. The Labute approximate surface area is 159 Å². The summed E-state index contributed by atoms with van der Waals surface area (Å²) in [5.74, 6) is -0.180. The van der Waals surface area contributed by atoms with E-state index < -0.39 is 0 Å². The molecule has 0 bridgehead atoms. The minimum atomic E-state index is -0.180. The number of amides is 1. The molecule has 1 amide bonds. The van der Waals surface area contributed by atoms with Crippen molar-refractivity contribution in [2.24, 2.45) is 0 Å². The van der Waals surface area contributed by atoms with Crippen LogP contribution in [0.1, 0.15) is 42.4 Å². The first-order valence-electron chi connectivity index (χ1n) is 8.93. The zero-order valence-corrected chi connectivity index (χ0v) is 15.9. The quantitative estimate of drug-likeness (QED) is 0.696. The normalized spacial score (nSPS) is 11.1. The van der Waals surface area contributed by atoms with Crippen LogP contribution in [-0.2, 0) is 12.0 Å². The van der Waals surface area contributed by atoms with Crippen molar-refractivity contribution >= 4 is 17.3 Å². The fourth-order valence-electron chi connectivity index (χ4n) is 2.80. The van der Waals surface area contributed by atoms with E-state index in [9.17, 15) is 4.79 Å². The average molecular weight is 360 g/mol. The molecule has 5 nitrogen and oxygen atoms in total. The minimum absolute atomic E-state index is 0.0613. The predicted molar refractivity (Wildman–Crippen MR) is 109 cm³/mol. The maximum Gasteiger partial charge on any atom is 0.257 e. The molecule has 27 heavy (non-hydrogen) atoms. The molecule has 0 aliphatic rings. The van der Waals surface area contributed by atoms with E-state index in [2.05, 4.69) is 41.4 Å². The lowest BCUT2D eigenvalue weighted by molar-refractivity contribution is 0.102. The molecule has 2 aromatic heterocycles. The number of para-hydroxylation sites is 1. The van der Waals surface area contributed by atoms with Crippen LogP contribution in [-0.4, -0.2) is 15.9 Å². The highest BCUT2D eigenvalue weighted by Crippen LogP contribution is 2.29. The maximum absolute atomic E-state index is 12.7. The number of hydrogen-bond acceptors (Lipinski definition) is 4. The Balaban J connectivity index is 1.73. The van der Waals surface area contributed by atoms with Crippen LogP contribution in [0.15, 0.2) is 67.1 Å². The lowest BCUT2D eigenvalue weighted by Gasteiger charge is -2.23. The second kappa shape index (κ2) is 7.99. The Morgan fingerprint density at radius 1 is 1.04 bits per heavy atom.